The minimum Gasteiger partial charge on any atom is -0.252 e. The van der Waals surface area contributed by atoms with Crippen LogP contribution in [0.2, 0.25) is 0 Å². The highest BCUT2D eigenvalue weighted by molar-refractivity contribution is 6.20. The second kappa shape index (κ2) is 10.4. The van der Waals surface area contributed by atoms with Gasteiger partial charge in [0.25, 0.3) is 0 Å². The Morgan fingerprint density at radius 1 is 0.489 bits per heavy atom. The largest absolute Gasteiger partial charge is 0.252 e. The van der Waals surface area contributed by atoms with Crippen LogP contribution in [0.3, 0.4) is 0 Å². The molecule has 0 radical (unpaired) electrons. The van der Waals surface area contributed by atoms with E-state index in [-0.39, 0.29) is 5.92 Å². The van der Waals surface area contributed by atoms with E-state index in [9.17, 15) is 0 Å². The predicted octanol–water partition coefficient (Wildman–Crippen LogP) is 10.3. The lowest BCUT2D eigenvalue weighted by Gasteiger charge is -2.15. The summed E-state index contributed by atoms with van der Waals surface area (Å²) in [5.41, 5.74) is 11.7. The van der Waals surface area contributed by atoms with Gasteiger partial charge < -0.3 is 0 Å². The first kappa shape index (κ1) is 25.6. The summed E-state index contributed by atoms with van der Waals surface area (Å²) in [6.07, 6.45) is 8.91. The molecule has 1 atom stereocenters. The van der Waals surface area contributed by atoms with Gasteiger partial charge in [-0.1, -0.05) is 133 Å². The lowest BCUT2D eigenvalue weighted by atomic mass is 9.90. The minimum atomic E-state index is 0.183. The number of para-hydroxylation sites is 1. The number of benzene rings is 5. The fraction of sp³-hybridized carbons (Fsp3) is 0.0238. The van der Waals surface area contributed by atoms with Crippen molar-refractivity contribution < 1.29 is 0 Å². The van der Waals surface area contributed by atoms with Crippen LogP contribution in [0.15, 0.2) is 163 Å². The average molecular weight is 574 g/mol. The van der Waals surface area contributed by atoms with Gasteiger partial charge in [-0.2, -0.15) is 0 Å². The van der Waals surface area contributed by atoms with Crippen LogP contribution in [-0.4, -0.2) is 15.7 Å². The number of aliphatic imine (C=N–C) groups is 1. The van der Waals surface area contributed by atoms with Gasteiger partial charge in [0.1, 0.15) is 0 Å². The second-order valence-electron chi connectivity index (χ2n) is 11.6. The van der Waals surface area contributed by atoms with Crippen LogP contribution in [0.4, 0.5) is 0 Å². The molecule has 1 aliphatic heterocycles. The molecular weight excluding hydrogens is 546 g/mol. The molecule has 0 amide bonds. The van der Waals surface area contributed by atoms with E-state index in [2.05, 4.69) is 146 Å². The van der Waals surface area contributed by atoms with E-state index in [1.165, 1.54) is 11.1 Å². The topological polar surface area (TPSA) is 38.1 Å². The third-order valence-electron chi connectivity index (χ3n) is 8.88. The Morgan fingerprint density at radius 2 is 1.20 bits per heavy atom. The van der Waals surface area contributed by atoms with Crippen molar-refractivity contribution in [3.05, 3.63) is 169 Å². The van der Waals surface area contributed by atoms with Crippen LogP contribution in [-0.2, 0) is 0 Å². The molecule has 7 aromatic rings. The number of nitrogens with zero attached hydrogens (tertiary/aromatic N) is 3. The van der Waals surface area contributed by atoms with Crippen LogP contribution in [0.1, 0.15) is 11.1 Å². The van der Waals surface area contributed by atoms with Crippen LogP contribution in [0, 0.1) is 5.92 Å². The highest BCUT2D eigenvalue weighted by atomic mass is 14.8. The Balaban J connectivity index is 1.16. The van der Waals surface area contributed by atoms with Crippen molar-refractivity contribution >= 4 is 49.6 Å². The molecule has 0 spiro atoms. The fourth-order valence-electron chi connectivity index (χ4n) is 6.60. The summed E-state index contributed by atoms with van der Waals surface area (Å²) in [6.45, 7) is 0. The number of hydrogen-bond acceptors (Lipinski definition) is 3. The molecule has 3 heterocycles. The van der Waals surface area contributed by atoms with Gasteiger partial charge in [-0.25, -0.2) is 9.97 Å². The SMILES string of the molecule is C1=CC2=NC(c3ccccc3)=CC2C=C1c1ccc(-c2nc3ccccc3c3ccc4ccc(-c5ccccc5)nc4c23)cc1. The van der Waals surface area contributed by atoms with Gasteiger partial charge in [-0.3, -0.25) is 4.99 Å². The molecule has 2 aromatic heterocycles. The highest BCUT2D eigenvalue weighted by Crippen LogP contribution is 2.38. The van der Waals surface area contributed by atoms with Gasteiger partial charge in [0.15, 0.2) is 0 Å². The van der Waals surface area contributed by atoms with E-state index in [0.717, 1.165) is 72.1 Å². The highest BCUT2D eigenvalue weighted by Gasteiger charge is 2.22. The van der Waals surface area contributed by atoms with Gasteiger partial charge in [-0.15, -0.1) is 0 Å². The summed E-state index contributed by atoms with van der Waals surface area (Å²) in [4.78, 5) is 15.4. The summed E-state index contributed by atoms with van der Waals surface area (Å²) < 4.78 is 0. The van der Waals surface area contributed by atoms with Crippen LogP contribution >= 0.6 is 0 Å². The lowest BCUT2D eigenvalue weighted by molar-refractivity contribution is 1.17. The monoisotopic (exact) mass is 573 g/mol. The zero-order valence-electron chi connectivity index (χ0n) is 24.4. The van der Waals surface area contributed by atoms with E-state index in [1.807, 2.05) is 12.1 Å². The molecule has 0 saturated carbocycles. The van der Waals surface area contributed by atoms with Crippen LogP contribution in [0.25, 0.3) is 66.4 Å². The smallest absolute Gasteiger partial charge is 0.0810 e. The number of hydrogen-bond donors (Lipinski definition) is 0. The van der Waals surface area contributed by atoms with Crippen molar-refractivity contribution in [1.29, 1.82) is 0 Å². The van der Waals surface area contributed by atoms with Crippen molar-refractivity contribution in [2.24, 2.45) is 10.9 Å². The second-order valence-corrected chi connectivity index (χ2v) is 11.6. The standard InChI is InChI=1S/C42H27N3/c1-3-9-28(10-4-1)36-23-20-31-19-22-35-34-13-7-8-14-38(34)45-42(40(35)41(31)44-36)30-17-15-27(16-18-30)32-21-24-37-33(25-32)26-39(43-37)29-11-5-2-6-12-29/h1-26,33H. The summed E-state index contributed by atoms with van der Waals surface area (Å²) in [5, 5.41) is 4.48. The molecule has 0 N–H and O–H groups in total. The molecule has 0 saturated heterocycles. The molecule has 3 nitrogen and oxygen atoms in total. The minimum absolute atomic E-state index is 0.183. The zero-order valence-corrected chi connectivity index (χ0v) is 24.4. The first-order valence-corrected chi connectivity index (χ1v) is 15.3. The molecule has 2 aliphatic rings. The molecule has 1 unspecified atom stereocenters. The molecule has 3 heteroatoms. The van der Waals surface area contributed by atoms with Crippen LogP contribution < -0.4 is 0 Å². The first-order chi connectivity index (χ1) is 22.3. The third-order valence-corrected chi connectivity index (χ3v) is 8.88. The molecule has 0 fully saturated rings. The van der Waals surface area contributed by atoms with Crippen LogP contribution in [0.5, 0.6) is 0 Å². The maximum absolute atomic E-state index is 5.26. The van der Waals surface area contributed by atoms with Gasteiger partial charge in [0.05, 0.1) is 33.8 Å². The summed E-state index contributed by atoms with van der Waals surface area (Å²) in [6, 6.07) is 46.7. The van der Waals surface area contributed by atoms with E-state index >= 15 is 0 Å². The van der Waals surface area contributed by atoms with E-state index in [4.69, 9.17) is 15.0 Å². The van der Waals surface area contributed by atoms with Crippen molar-refractivity contribution in [1.82, 2.24) is 9.97 Å². The Labute approximate surface area is 261 Å². The summed E-state index contributed by atoms with van der Waals surface area (Å²) >= 11 is 0. The van der Waals surface area contributed by atoms with Crippen molar-refractivity contribution in [3.8, 4) is 22.5 Å². The maximum atomic E-state index is 5.26. The Kier molecular flexibility index (Phi) is 5.88. The fourth-order valence-corrected chi connectivity index (χ4v) is 6.60. The lowest BCUT2D eigenvalue weighted by Crippen LogP contribution is -2.07. The molecule has 0 bridgehead atoms. The van der Waals surface area contributed by atoms with Gasteiger partial charge in [0, 0.05) is 33.2 Å². The predicted molar refractivity (Wildman–Crippen MR) is 188 cm³/mol. The number of pyridine rings is 2. The average Bonchev–Trinajstić information content (AvgIpc) is 3.55. The Bertz CT molecular complexity index is 2400. The van der Waals surface area contributed by atoms with E-state index in [1.54, 1.807) is 0 Å². The molecule has 5 aromatic carbocycles. The number of fused-ring (bicyclic) bond motifs is 6. The number of rotatable bonds is 4. The quantitative estimate of drug-likeness (QED) is 0.197. The van der Waals surface area contributed by atoms with E-state index < -0.39 is 0 Å². The van der Waals surface area contributed by atoms with Crippen molar-refractivity contribution in [3.63, 3.8) is 0 Å². The van der Waals surface area contributed by atoms with Crippen molar-refractivity contribution in [2.75, 3.05) is 0 Å². The van der Waals surface area contributed by atoms with Gasteiger partial charge in [-0.05, 0) is 46.4 Å². The van der Waals surface area contributed by atoms with Crippen molar-refractivity contribution in [2.45, 2.75) is 0 Å². The third kappa shape index (κ3) is 4.40. The first-order valence-electron chi connectivity index (χ1n) is 15.3. The normalized spacial score (nSPS) is 15.6. The maximum Gasteiger partial charge on any atom is 0.0810 e. The Hall–Kier alpha value is -5.93. The number of allylic oxidation sites excluding steroid dienone is 5. The van der Waals surface area contributed by atoms with E-state index in [0.29, 0.717) is 0 Å². The molecular formula is C42H27N3. The summed E-state index contributed by atoms with van der Waals surface area (Å²) in [5.74, 6) is 0.183. The molecule has 210 valence electrons. The summed E-state index contributed by atoms with van der Waals surface area (Å²) in [7, 11) is 0. The Morgan fingerprint density at radius 3 is 2.02 bits per heavy atom. The molecule has 1 aliphatic carbocycles. The molecule has 45 heavy (non-hydrogen) atoms. The molecule has 9 rings (SSSR count). The van der Waals surface area contributed by atoms with Gasteiger partial charge >= 0.3 is 0 Å². The van der Waals surface area contributed by atoms with Gasteiger partial charge in [0.2, 0.25) is 0 Å². The number of aromatic nitrogens is 2. The zero-order chi connectivity index (χ0) is 29.7.